The first kappa shape index (κ1) is 21.9. The van der Waals surface area contributed by atoms with Crippen molar-refractivity contribution in [1.82, 2.24) is 0 Å². The molecule has 0 spiro atoms. The number of amides is 1. The van der Waals surface area contributed by atoms with Gasteiger partial charge in [-0.3, -0.25) is 14.5 Å². The molecule has 1 atom stereocenters. The summed E-state index contributed by atoms with van der Waals surface area (Å²) in [4.78, 5) is 27.9. The molecule has 1 N–H and O–H groups in total. The summed E-state index contributed by atoms with van der Waals surface area (Å²) in [7, 11) is 0. The molecule has 34 heavy (non-hydrogen) atoms. The van der Waals surface area contributed by atoms with Gasteiger partial charge in [-0.05, 0) is 48.9 Å². The number of carbonyl (C=O) groups is 2. The summed E-state index contributed by atoms with van der Waals surface area (Å²) in [5.41, 5.74) is 1.39. The van der Waals surface area contributed by atoms with E-state index in [2.05, 4.69) is 0 Å². The number of rotatable bonds is 5. The van der Waals surface area contributed by atoms with Crippen molar-refractivity contribution in [2.45, 2.75) is 13.0 Å². The van der Waals surface area contributed by atoms with Gasteiger partial charge in [0.2, 0.25) is 6.79 Å². The van der Waals surface area contributed by atoms with E-state index in [1.807, 2.05) is 6.92 Å². The van der Waals surface area contributed by atoms with Crippen LogP contribution in [0.25, 0.3) is 5.76 Å². The van der Waals surface area contributed by atoms with E-state index in [9.17, 15) is 14.7 Å². The van der Waals surface area contributed by atoms with Gasteiger partial charge in [0, 0.05) is 22.3 Å². The fraction of sp³-hybridized carbons (Fsp3) is 0.154. The molecule has 1 amide bonds. The highest BCUT2D eigenvalue weighted by atomic mass is 35.5. The van der Waals surface area contributed by atoms with E-state index in [1.54, 1.807) is 66.7 Å². The number of aliphatic hydroxyl groups is 1. The minimum absolute atomic E-state index is 0.0290. The first-order valence-corrected chi connectivity index (χ1v) is 11.0. The van der Waals surface area contributed by atoms with Crippen LogP contribution in [-0.2, 0) is 9.59 Å². The average Bonchev–Trinajstić information content (AvgIpc) is 3.41. The van der Waals surface area contributed by atoms with Gasteiger partial charge >= 0.3 is 0 Å². The summed E-state index contributed by atoms with van der Waals surface area (Å²) in [5.74, 6) is -0.282. The smallest absolute Gasteiger partial charge is 0.300 e. The van der Waals surface area contributed by atoms with Crippen LogP contribution < -0.4 is 19.1 Å². The molecular weight excluding hydrogens is 458 g/mol. The topological polar surface area (TPSA) is 85.3 Å². The maximum Gasteiger partial charge on any atom is 0.300 e. The van der Waals surface area contributed by atoms with E-state index in [0.717, 1.165) is 0 Å². The molecule has 2 aliphatic heterocycles. The van der Waals surface area contributed by atoms with Crippen LogP contribution in [0, 0.1) is 0 Å². The summed E-state index contributed by atoms with van der Waals surface area (Å²) in [6, 6.07) is 17.7. The van der Waals surface area contributed by atoms with Crippen LogP contribution >= 0.6 is 11.6 Å². The third kappa shape index (κ3) is 3.74. The Kier molecular flexibility index (Phi) is 5.63. The molecule has 8 heteroatoms. The Bertz CT molecular complexity index is 1320. The Morgan fingerprint density at radius 3 is 2.59 bits per heavy atom. The maximum absolute atomic E-state index is 13.3. The molecule has 5 rings (SSSR count). The largest absolute Gasteiger partial charge is 0.507 e. The zero-order valence-electron chi connectivity index (χ0n) is 18.2. The standard InChI is InChI=1S/C26H20ClNO6/c1-2-32-19-5-3-4-16(12-19)24(29)22-23(15-6-8-17(27)9-7-15)28(26(31)25(22)30)18-10-11-20-21(13-18)34-14-33-20/h3-13,23,29H,2,14H2,1H3/b24-22+. The molecule has 0 radical (unpaired) electrons. The van der Waals surface area contributed by atoms with Crippen molar-refractivity contribution < 1.29 is 28.9 Å². The number of hydrogen-bond donors (Lipinski definition) is 1. The second kappa shape index (κ2) is 8.76. The van der Waals surface area contributed by atoms with E-state index >= 15 is 0 Å². The highest BCUT2D eigenvalue weighted by Gasteiger charge is 2.47. The average molecular weight is 478 g/mol. The van der Waals surface area contributed by atoms with Gasteiger partial charge in [0.1, 0.15) is 11.5 Å². The molecule has 172 valence electrons. The Labute approximate surface area is 200 Å². The summed E-state index contributed by atoms with van der Waals surface area (Å²) in [6.07, 6.45) is 0. The monoisotopic (exact) mass is 477 g/mol. The van der Waals surface area contributed by atoms with Gasteiger partial charge in [0.25, 0.3) is 11.7 Å². The highest BCUT2D eigenvalue weighted by molar-refractivity contribution is 6.51. The van der Waals surface area contributed by atoms with Gasteiger partial charge in [-0.2, -0.15) is 0 Å². The number of halogens is 1. The Hall–Kier alpha value is -3.97. The molecule has 2 heterocycles. The van der Waals surface area contributed by atoms with Gasteiger partial charge in [-0.1, -0.05) is 35.9 Å². The first-order valence-electron chi connectivity index (χ1n) is 10.7. The Morgan fingerprint density at radius 2 is 1.82 bits per heavy atom. The molecule has 0 bridgehead atoms. The van der Waals surface area contributed by atoms with Crippen molar-refractivity contribution in [3.05, 3.63) is 88.5 Å². The molecule has 1 unspecified atom stereocenters. The number of aliphatic hydroxyl groups excluding tert-OH is 1. The minimum Gasteiger partial charge on any atom is -0.507 e. The number of benzene rings is 3. The van der Waals surface area contributed by atoms with Gasteiger partial charge in [-0.25, -0.2) is 0 Å². The van der Waals surface area contributed by atoms with E-state index in [0.29, 0.717) is 45.7 Å². The molecule has 3 aromatic carbocycles. The van der Waals surface area contributed by atoms with Crippen LogP contribution in [0.4, 0.5) is 5.69 Å². The second-order valence-corrected chi connectivity index (χ2v) is 8.16. The normalized spacial score (nSPS) is 18.4. The number of carbonyl (C=O) groups excluding carboxylic acids is 2. The molecule has 0 aromatic heterocycles. The van der Waals surface area contributed by atoms with Crippen molar-refractivity contribution in [3.63, 3.8) is 0 Å². The fourth-order valence-electron chi connectivity index (χ4n) is 4.15. The Balaban J connectivity index is 1.68. The number of ether oxygens (including phenoxy) is 3. The van der Waals surface area contributed by atoms with Crippen molar-refractivity contribution in [2.75, 3.05) is 18.3 Å². The summed E-state index contributed by atoms with van der Waals surface area (Å²) in [6.45, 7) is 2.38. The molecule has 7 nitrogen and oxygen atoms in total. The SMILES string of the molecule is CCOc1cccc(/C(O)=C2\C(=O)C(=O)N(c3ccc4c(c3)OCO4)C2c2ccc(Cl)cc2)c1. The Morgan fingerprint density at radius 1 is 1.06 bits per heavy atom. The second-order valence-electron chi connectivity index (χ2n) is 7.72. The van der Waals surface area contributed by atoms with E-state index in [-0.39, 0.29) is 18.1 Å². The van der Waals surface area contributed by atoms with Gasteiger partial charge in [-0.15, -0.1) is 0 Å². The zero-order valence-corrected chi connectivity index (χ0v) is 18.9. The quantitative estimate of drug-likeness (QED) is 0.313. The lowest BCUT2D eigenvalue weighted by Gasteiger charge is -2.25. The number of hydrogen-bond acceptors (Lipinski definition) is 6. The highest BCUT2D eigenvalue weighted by Crippen LogP contribution is 2.45. The lowest BCUT2D eigenvalue weighted by molar-refractivity contribution is -0.132. The number of fused-ring (bicyclic) bond motifs is 1. The lowest BCUT2D eigenvalue weighted by Crippen LogP contribution is -2.29. The number of ketones is 1. The third-order valence-electron chi connectivity index (χ3n) is 5.68. The molecule has 2 aliphatic rings. The van der Waals surface area contributed by atoms with Crippen LogP contribution in [0.2, 0.25) is 5.02 Å². The molecule has 0 saturated carbocycles. The maximum atomic E-state index is 13.3. The van der Waals surface area contributed by atoms with Gasteiger partial charge in [0.15, 0.2) is 11.5 Å². The van der Waals surface area contributed by atoms with Gasteiger partial charge in [0.05, 0.1) is 18.2 Å². The number of Topliss-reactive ketones (excluding diaryl/α,β-unsaturated/α-hetero) is 1. The van der Waals surface area contributed by atoms with Crippen LogP contribution in [0.3, 0.4) is 0 Å². The van der Waals surface area contributed by atoms with Crippen LogP contribution in [0.5, 0.6) is 17.2 Å². The fourth-order valence-corrected chi connectivity index (χ4v) is 4.28. The predicted molar refractivity (Wildman–Crippen MR) is 126 cm³/mol. The molecular formula is C26H20ClNO6. The molecule has 1 saturated heterocycles. The van der Waals surface area contributed by atoms with Crippen molar-refractivity contribution >= 4 is 34.7 Å². The van der Waals surface area contributed by atoms with Crippen LogP contribution in [0.1, 0.15) is 24.1 Å². The van der Waals surface area contributed by atoms with Gasteiger partial charge < -0.3 is 19.3 Å². The van der Waals surface area contributed by atoms with E-state index in [4.69, 9.17) is 25.8 Å². The van der Waals surface area contributed by atoms with Crippen molar-refractivity contribution in [3.8, 4) is 17.2 Å². The van der Waals surface area contributed by atoms with E-state index in [1.165, 1.54) is 4.90 Å². The summed E-state index contributed by atoms with van der Waals surface area (Å²) >= 11 is 6.08. The first-order chi connectivity index (χ1) is 16.5. The van der Waals surface area contributed by atoms with Crippen molar-refractivity contribution in [1.29, 1.82) is 0 Å². The number of nitrogens with zero attached hydrogens (tertiary/aromatic N) is 1. The van der Waals surface area contributed by atoms with Crippen LogP contribution in [-0.4, -0.2) is 30.2 Å². The van der Waals surface area contributed by atoms with Crippen molar-refractivity contribution in [2.24, 2.45) is 0 Å². The molecule has 3 aromatic rings. The zero-order chi connectivity index (χ0) is 23.8. The summed E-state index contributed by atoms with van der Waals surface area (Å²) < 4.78 is 16.4. The lowest BCUT2D eigenvalue weighted by atomic mass is 9.95. The molecule has 1 fully saturated rings. The molecule has 0 aliphatic carbocycles. The minimum atomic E-state index is -0.881. The number of anilines is 1. The predicted octanol–water partition coefficient (Wildman–Crippen LogP) is 5.09. The summed E-state index contributed by atoms with van der Waals surface area (Å²) in [5, 5.41) is 11.8. The van der Waals surface area contributed by atoms with Crippen LogP contribution in [0.15, 0.2) is 72.3 Å². The van der Waals surface area contributed by atoms with E-state index < -0.39 is 17.7 Å². The third-order valence-corrected chi connectivity index (χ3v) is 5.93.